The van der Waals surface area contributed by atoms with Crippen molar-refractivity contribution >= 4 is 29.4 Å². The minimum Gasteiger partial charge on any atom is -0.480 e. The van der Waals surface area contributed by atoms with Crippen LogP contribution >= 0.6 is 0 Å². The molecule has 2 aliphatic heterocycles. The van der Waals surface area contributed by atoms with E-state index in [1.807, 2.05) is 0 Å². The molecule has 2 fully saturated rings. The molecule has 1 saturated carbocycles. The van der Waals surface area contributed by atoms with Gasteiger partial charge in [-0.3, -0.25) is 19.3 Å². The lowest BCUT2D eigenvalue weighted by molar-refractivity contribution is -0.150. The minimum absolute atomic E-state index is 0.0853. The second kappa shape index (κ2) is 6.32. The summed E-state index contributed by atoms with van der Waals surface area (Å²) < 4.78 is 0. The second-order valence-corrected chi connectivity index (χ2v) is 7.90. The van der Waals surface area contributed by atoms with Gasteiger partial charge in [-0.05, 0) is 45.2 Å². The molecule has 8 nitrogen and oxygen atoms in total. The number of carbonyl (C=O) groups excluding carboxylic acids is 3. The molecule has 1 saturated heterocycles. The van der Waals surface area contributed by atoms with Gasteiger partial charge >= 0.3 is 5.97 Å². The number of carbonyl (C=O) groups is 4. The van der Waals surface area contributed by atoms with Gasteiger partial charge in [-0.25, -0.2) is 4.79 Å². The van der Waals surface area contributed by atoms with Crippen LogP contribution in [-0.4, -0.2) is 62.9 Å². The van der Waals surface area contributed by atoms with Crippen LogP contribution in [0.3, 0.4) is 0 Å². The molecule has 2 atom stereocenters. The molecule has 28 heavy (non-hydrogen) atoms. The van der Waals surface area contributed by atoms with Crippen LogP contribution in [0.25, 0.3) is 0 Å². The molecule has 3 amide bonds. The van der Waals surface area contributed by atoms with E-state index in [4.69, 9.17) is 0 Å². The second-order valence-electron chi connectivity index (χ2n) is 7.90. The Labute approximate surface area is 162 Å². The fourth-order valence-corrected chi connectivity index (χ4v) is 4.37. The quantitative estimate of drug-likeness (QED) is 0.827. The van der Waals surface area contributed by atoms with Gasteiger partial charge in [0.25, 0.3) is 5.91 Å². The van der Waals surface area contributed by atoms with Crippen molar-refractivity contribution in [3.63, 3.8) is 0 Å². The number of carboxylic acids is 1. The smallest absolute Gasteiger partial charge is 0.326 e. The van der Waals surface area contributed by atoms with Crippen molar-refractivity contribution in [1.82, 2.24) is 9.80 Å². The van der Waals surface area contributed by atoms with Crippen molar-refractivity contribution in [2.75, 3.05) is 11.4 Å². The molecule has 0 spiro atoms. The highest BCUT2D eigenvalue weighted by Gasteiger charge is 2.54. The lowest BCUT2D eigenvalue weighted by atomic mass is 9.98. The van der Waals surface area contributed by atoms with Crippen LogP contribution in [0.1, 0.15) is 49.9 Å². The Balaban J connectivity index is 1.69. The molecule has 0 bridgehead atoms. The molecule has 148 valence electrons. The molecule has 1 aliphatic carbocycles. The topological polar surface area (TPSA) is 98.2 Å². The fraction of sp³-hybridized carbons (Fsp3) is 0.500. The molecule has 3 aliphatic rings. The zero-order chi connectivity index (χ0) is 20.2. The molecule has 4 rings (SSSR count). The van der Waals surface area contributed by atoms with E-state index in [1.165, 1.54) is 16.7 Å². The number of fused-ring (bicyclic) bond motifs is 3. The molecular formula is C20H23N3O5. The maximum absolute atomic E-state index is 13.2. The van der Waals surface area contributed by atoms with Gasteiger partial charge in [0.1, 0.15) is 18.2 Å². The third-order valence-corrected chi connectivity index (χ3v) is 6.04. The summed E-state index contributed by atoms with van der Waals surface area (Å²) >= 11 is 0. The first kappa shape index (κ1) is 18.5. The summed E-state index contributed by atoms with van der Waals surface area (Å²) in [5.41, 5.74) is 0.0197. The monoisotopic (exact) mass is 385 g/mol. The van der Waals surface area contributed by atoms with Crippen LogP contribution in [0.4, 0.5) is 5.69 Å². The number of amides is 3. The number of benzene rings is 1. The molecule has 1 aromatic carbocycles. The van der Waals surface area contributed by atoms with Crippen molar-refractivity contribution < 1.29 is 24.3 Å². The van der Waals surface area contributed by atoms with Crippen LogP contribution in [0, 0.1) is 0 Å². The molecule has 0 aromatic heterocycles. The van der Waals surface area contributed by atoms with Crippen LogP contribution < -0.4 is 4.90 Å². The van der Waals surface area contributed by atoms with Gasteiger partial charge in [-0.15, -0.1) is 0 Å². The van der Waals surface area contributed by atoms with E-state index in [9.17, 15) is 24.3 Å². The van der Waals surface area contributed by atoms with Crippen LogP contribution in [0.15, 0.2) is 24.3 Å². The molecule has 0 radical (unpaired) electrons. The zero-order valence-electron chi connectivity index (χ0n) is 15.9. The lowest BCUT2D eigenvalue weighted by Gasteiger charge is -2.48. The highest BCUT2D eigenvalue weighted by Crippen LogP contribution is 2.44. The Kier molecular flexibility index (Phi) is 4.17. The molecule has 2 unspecified atom stereocenters. The Morgan fingerprint density at radius 3 is 2.61 bits per heavy atom. The highest BCUT2D eigenvalue weighted by atomic mass is 16.4. The SMILES string of the molecule is CC(C(=O)O)N(C(=O)CN1C(=O)c2ccccc2N2C(=O)CCC12C)C1CC1. The van der Waals surface area contributed by atoms with Gasteiger partial charge in [0, 0.05) is 12.5 Å². The maximum atomic E-state index is 13.2. The fourth-order valence-electron chi connectivity index (χ4n) is 4.37. The van der Waals surface area contributed by atoms with Crippen molar-refractivity contribution in [3.8, 4) is 0 Å². The number of hydrogen-bond donors (Lipinski definition) is 1. The highest BCUT2D eigenvalue weighted by molar-refractivity contribution is 6.11. The largest absolute Gasteiger partial charge is 0.480 e. The van der Waals surface area contributed by atoms with Crippen LogP contribution in [-0.2, 0) is 14.4 Å². The average Bonchev–Trinajstić information content (AvgIpc) is 3.43. The average molecular weight is 385 g/mol. The number of nitrogens with zero attached hydrogens (tertiary/aromatic N) is 3. The van der Waals surface area contributed by atoms with E-state index < -0.39 is 23.6 Å². The summed E-state index contributed by atoms with van der Waals surface area (Å²) in [4.78, 5) is 54.8. The summed E-state index contributed by atoms with van der Waals surface area (Å²) in [6.45, 7) is 3.03. The molecule has 1 N–H and O–H groups in total. The summed E-state index contributed by atoms with van der Waals surface area (Å²) in [6.07, 6.45) is 2.25. The van der Waals surface area contributed by atoms with E-state index >= 15 is 0 Å². The number of hydrogen-bond acceptors (Lipinski definition) is 4. The van der Waals surface area contributed by atoms with E-state index in [-0.39, 0.29) is 24.4 Å². The maximum Gasteiger partial charge on any atom is 0.326 e. The Hall–Kier alpha value is -2.90. The van der Waals surface area contributed by atoms with Crippen molar-refractivity contribution in [1.29, 1.82) is 0 Å². The number of para-hydroxylation sites is 1. The van der Waals surface area contributed by atoms with E-state index in [0.717, 1.165) is 12.8 Å². The third-order valence-electron chi connectivity index (χ3n) is 6.04. The van der Waals surface area contributed by atoms with Crippen molar-refractivity contribution in [2.45, 2.75) is 57.3 Å². The van der Waals surface area contributed by atoms with E-state index in [0.29, 0.717) is 24.1 Å². The predicted octanol–water partition coefficient (Wildman–Crippen LogP) is 1.45. The summed E-state index contributed by atoms with van der Waals surface area (Å²) in [6, 6.07) is 5.85. The predicted molar refractivity (Wildman–Crippen MR) is 99.6 cm³/mol. The van der Waals surface area contributed by atoms with E-state index in [1.54, 1.807) is 36.1 Å². The van der Waals surface area contributed by atoms with Gasteiger partial charge < -0.3 is 14.9 Å². The standard InChI is InChI=1S/C20H23N3O5/c1-12(19(27)28)22(13-7-8-13)17(25)11-21-18(26)14-5-3-4-6-15(14)23-16(24)9-10-20(21,23)2/h3-6,12-13H,7-11H2,1-2H3,(H,27,28). The summed E-state index contributed by atoms with van der Waals surface area (Å²) in [7, 11) is 0. The number of aliphatic carboxylic acids is 1. The first-order valence-corrected chi connectivity index (χ1v) is 9.53. The normalized spacial score (nSPS) is 24.6. The lowest BCUT2D eigenvalue weighted by Crippen LogP contribution is -2.64. The number of anilines is 1. The van der Waals surface area contributed by atoms with Gasteiger partial charge in [0.15, 0.2) is 0 Å². The van der Waals surface area contributed by atoms with Crippen molar-refractivity contribution in [2.24, 2.45) is 0 Å². The first-order valence-electron chi connectivity index (χ1n) is 9.53. The van der Waals surface area contributed by atoms with Gasteiger partial charge in [-0.2, -0.15) is 0 Å². The molecule has 2 heterocycles. The first-order chi connectivity index (χ1) is 13.3. The van der Waals surface area contributed by atoms with Crippen LogP contribution in [0.2, 0.25) is 0 Å². The van der Waals surface area contributed by atoms with Gasteiger partial charge in [0.2, 0.25) is 11.8 Å². The van der Waals surface area contributed by atoms with Gasteiger partial charge in [0.05, 0.1) is 11.3 Å². The zero-order valence-corrected chi connectivity index (χ0v) is 15.9. The number of carboxylic acid groups (broad SMARTS) is 1. The number of rotatable bonds is 5. The van der Waals surface area contributed by atoms with Crippen LogP contribution in [0.5, 0.6) is 0 Å². The third kappa shape index (κ3) is 2.66. The molecular weight excluding hydrogens is 362 g/mol. The summed E-state index contributed by atoms with van der Waals surface area (Å²) in [5.74, 6) is -1.86. The Bertz CT molecular complexity index is 880. The molecule has 1 aromatic rings. The molecule has 8 heteroatoms. The Morgan fingerprint density at radius 1 is 1.29 bits per heavy atom. The van der Waals surface area contributed by atoms with Gasteiger partial charge in [-0.1, -0.05) is 12.1 Å². The minimum atomic E-state index is -1.07. The summed E-state index contributed by atoms with van der Waals surface area (Å²) in [5, 5.41) is 9.37. The van der Waals surface area contributed by atoms with E-state index in [2.05, 4.69) is 0 Å². The Morgan fingerprint density at radius 2 is 1.96 bits per heavy atom. The van der Waals surface area contributed by atoms with Crippen molar-refractivity contribution in [3.05, 3.63) is 29.8 Å².